The first-order valence-electron chi connectivity index (χ1n) is 22.2. The summed E-state index contributed by atoms with van der Waals surface area (Å²) in [5.41, 5.74) is 18.8. The maximum absolute atomic E-state index is 7.04. The fourth-order valence-corrected chi connectivity index (χ4v) is 11.0. The highest BCUT2D eigenvalue weighted by Gasteiger charge is 2.52. The molecule has 0 N–H and O–H groups in total. The van der Waals surface area contributed by atoms with Crippen molar-refractivity contribution in [3.63, 3.8) is 0 Å². The SMILES string of the molecule is C1=C(c2ccccc2)C=C(N(c2ccc3c(c2)Oc2cc4c(cc2O3)C2(c3ccccc3-c3ccccc32)c2ccccc2-4)c2ccccc2-c2ccccc2)CC1c1ccccc1. The first-order valence-corrected chi connectivity index (χ1v) is 22.2. The van der Waals surface area contributed by atoms with E-state index in [2.05, 4.69) is 235 Å². The van der Waals surface area contributed by atoms with Crippen LogP contribution in [0.3, 0.4) is 0 Å². The Hall–Kier alpha value is -8.14. The fraction of sp³-hybridized carbons (Fsp3) is 0.0492. The van der Waals surface area contributed by atoms with Crippen molar-refractivity contribution in [2.45, 2.75) is 17.8 Å². The van der Waals surface area contributed by atoms with Gasteiger partial charge in [0.15, 0.2) is 23.0 Å². The smallest absolute Gasteiger partial charge is 0.172 e. The maximum Gasteiger partial charge on any atom is 0.172 e. The van der Waals surface area contributed by atoms with Crippen LogP contribution in [0.15, 0.2) is 236 Å². The molecule has 13 rings (SSSR count). The van der Waals surface area contributed by atoms with E-state index in [1.54, 1.807) is 0 Å². The Kier molecular flexibility index (Phi) is 8.26. The van der Waals surface area contributed by atoms with Crippen LogP contribution >= 0.6 is 0 Å². The van der Waals surface area contributed by atoms with Crippen molar-refractivity contribution in [1.82, 2.24) is 0 Å². The highest BCUT2D eigenvalue weighted by molar-refractivity contribution is 5.96. The predicted molar refractivity (Wildman–Crippen MR) is 260 cm³/mol. The average Bonchev–Trinajstić information content (AvgIpc) is 3.83. The molecule has 0 saturated carbocycles. The molecule has 1 spiro atoms. The van der Waals surface area contributed by atoms with Crippen LogP contribution in [-0.4, -0.2) is 0 Å². The Morgan fingerprint density at radius 2 is 0.922 bits per heavy atom. The molecule has 0 aromatic heterocycles. The third-order valence-corrected chi connectivity index (χ3v) is 13.7. The number of anilines is 2. The van der Waals surface area contributed by atoms with Crippen molar-refractivity contribution < 1.29 is 9.47 Å². The van der Waals surface area contributed by atoms with Gasteiger partial charge in [-0.15, -0.1) is 0 Å². The lowest BCUT2D eigenvalue weighted by molar-refractivity contribution is 0.359. The zero-order chi connectivity index (χ0) is 42.2. The minimum absolute atomic E-state index is 0.166. The summed E-state index contributed by atoms with van der Waals surface area (Å²) in [6.07, 6.45) is 5.61. The summed E-state index contributed by atoms with van der Waals surface area (Å²) < 4.78 is 14.0. The van der Waals surface area contributed by atoms with Crippen LogP contribution in [0.25, 0.3) is 39.0 Å². The molecule has 1 atom stereocenters. The number of allylic oxidation sites excluding steroid dienone is 4. The van der Waals surface area contributed by atoms with Gasteiger partial charge in [0.2, 0.25) is 0 Å². The standard InChI is InChI=1S/C61H41NO2/c1-4-18-40(19-5-1)43-34-44(41-20-6-2-7-21-41)36-46(35-43)62(56-31-17-13-24-47(56)42-22-8-3-9-23-42)45-32-33-57-58(37-45)64-59-38-51-50-27-12-16-30-54(50)61(55(51)39-60(59)63-57)52-28-14-10-25-48(52)49-26-11-15-29-53(49)61/h1-35,37-39,44H,36H2. The quantitative estimate of drug-likeness (QED) is 0.167. The van der Waals surface area contributed by atoms with E-state index >= 15 is 0 Å². The van der Waals surface area contributed by atoms with Crippen LogP contribution in [0.2, 0.25) is 0 Å². The minimum atomic E-state index is -0.466. The van der Waals surface area contributed by atoms with E-state index in [9.17, 15) is 0 Å². The van der Waals surface area contributed by atoms with Crippen molar-refractivity contribution in [3.8, 4) is 56.4 Å². The molecule has 1 unspecified atom stereocenters. The molecule has 1 heterocycles. The summed E-state index contributed by atoms with van der Waals surface area (Å²) in [6, 6.07) is 78.6. The van der Waals surface area contributed by atoms with Gasteiger partial charge < -0.3 is 14.4 Å². The Morgan fingerprint density at radius 1 is 0.406 bits per heavy atom. The molecule has 4 aliphatic rings. The molecule has 3 heteroatoms. The van der Waals surface area contributed by atoms with Crippen molar-refractivity contribution >= 4 is 16.9 Å². The molecular weight excluding hydrogens is 779 g/mol. The van der Waals surface area contributed by atoms with Crippen LogP contribution in [0.1, 0.15) is 45.7 Å². The van der Waals surface area contributed by atoms with E-state index in [4.69, 9.17) is 9.47 Å². The molecule has 64 heavy (non-hydrogen) atoms. The number of hydrogen-bond donors (Lipinski definition) is 0. The molecule has 9 aromatic carbocycles. The fourth-order valence-electron chi connectivity index (χ4n) is 11.0. The Morgan fingerprint density at radius 3 is 1.59 bits per heavy atom. The minimum Gasteiger partial charge on any atom is -0.449 e. The molecule has 3 nitrogen and oxygen atoms in total. The number of nitrogens with zero attached hydrogens (tertiary/aromatic N) is 1. The third-order valence-electron chi connectivity index (χ3n) is 13.7. The zero-order valence-corrected chi connectivity index (χ0v) is 35.0. The molecule has 9 aromatic rings. The van der Waals surface area contributed by atoms with Crippen molar-refractivity contribution in [2.24, 2.45) is 0 Å². The van der Waals surface area contributed by atoms with Crippen molar-refractivity contribution in [2.75, 3.05) is 4.90 Å². The summed E-state index contributed by atoms with van der Waals surface area (Å²) in [4.78, 5) is 2.44. The molecule has 0 amide bonds. The lowest BCUT2D eigenvalue weighted by Gasteiger charge is -2.35. The number of hydrogen-bond acceptors (Lipinski definition) is 3. The zero-order valence-electron chi connectivity index (χ0n) is 35.0. The highest BCUT2D eigenvalue weighted by atomic mass is 16.6. The van der Waals surface area contributed by atoms with Crippen LogP contribution in [0, 0.1) is 0 Å². The molecule has 0 radical (unpaired) electrons. The summed E-state index contributed by atoms with van der Waals surface area (Å²) in [5.74, 6) is 2.96. The van der Waals surface area contributed by atoms with Crippen LogP contribution in [-0.2, 0) is 5.41 Å². The lowest BCUT2D eigenvalue weighted by Crippen LogP contribution is -2.25. The second-order valence-electron chi connectivity index (χ2n) is 17.1. The van der Waals surface area contributed by atoms with E-state index in [1.807, 2.05) is 0 Å². The largest absolute Gasteiger partial charge is 0.449 e. The van der Waals surface area contributed by atoms with Crippen molar-refractivity contribution in [1.29, 1.82) is 0 Å². The molecule has 0 saturated heterocycles. The first-order chi connectivity index (χ1) is 31.7. The Bertz CT molecular complexity index is 3320. The first kappa shape index (κ1) is 36.5. The molecular formula is C61H41NO2. The van der Waals surface area contributed by atoms with Crippen LogP contribution in [0.5, 0.6) is 23.0 Å². The summed E-state index contributed by atoms with van der Waals surface area (Å²) in [7, 11) is 0. The van der Waals surface area contributed by atoms with Gasteiger partial charge in [-0.1, -0.05) is 188 Å². The molecule has 0 bridgehead atoms. The van der Waals surface area contributed by atoms with Gasteiger partial charge in [0.25, 0.3) is 0 Å². The number of ether oxygens (including phenoxy) is 2. The van der Waals surface area contributed by atoms with Crippen LogP contribution in [0.4, 0.5) is 11.4 Å². The molecule has 3 aliphatic carbocycles. The summed E-state index contributed by atoms with van der Waals surface area (Å²) in [6.45, 7) is 0. The normalized spacial score (nSPS) is 15.5. The van der Waals surface area contributed by atoms with Crippen molar-refractivity contribution in [3.05, 3.63) is 270 Å². The second-order valence-corrected chi connectivity index (χ2v) is 17.1. The molecule has 302 valence electrons. The maximum atomic E-state index is 7.04. The number of fused-ring (bicyclic) bond motifs is 12. The number of para-hydroxylation sites is 1. The molecule has 0 fully saturated rings. The van der Waals surface area contributed by atoms with Gasteiger partial charge in [0.1, 0.15) is 0 Å². The monoisotopic (exact) mass is 819 g/mol. The number of benzene rings is 9. The van der Waals surface area contributed by atoms with Gasteiger partial charge in [-0.25, -0.2) is 0 Å². The van der Waals surface area contributed by atoms with Crippen LogP contribution < -0.4 is 14.4 Å². The van der Waals surface area contributed by atoms with E-state index in [-0.39, 0.29) is 5.92 Å². The van der Waals surface area contributed by atoms with E-state index in [0.717, 1.165) is 34.7 Å². The summed E-state index contributed by atoms with van der Waals surface area (Å²) >= 11 is 0. The van der Waals surface area contributed by atoms with Gasteiger partial charge >= 0.3 is 0 Å². The molecule has 1 aliphatic heterocycles. The van der Waals surface area contributed by atoms with E-state index in [1.165, 1.54) is 66.9 Å². The average molecular weight is 820 g/mol. The predicted octanol–water partition coefficient (Wildman–Crippen LogP) is 15.9. The van der Waals surface area contributed by atoms with Gasteiger partial charge in [-0.05, 0) is 110 Å². The Labute approximate surface area is 373 Å². The van der Waals surface area contributed by atoms with E-state index in [0.29, 0.717) is 17.2 Å². The van der Waals surface area contributed by atoms with Gasteiger partial charge in [0.05, 0.1) is 11.1 Å². The summed E-state index contributed by atoms with van der Waals surface area (Å²) in [5, 5.41) is 0. The number of rotatable bonds is 6. The Balaban J connectivity index is 0.960. The van der Waals surface area contributed by atoms with Gasteiger partial charge in [-0.2, -0.15) is 0 Å². The van der Waals surface area contributed by atoms with Gasteiger partial charge in [0, 0.05) is 28.9 Å². The van der Waals surface area contributed by atoms with Gasteiger partial charge in [-0.3, -0.25) is 0 Å². The second kappa shape index (κ2) is 14.5. The highest BCUT2D eigenvalue weighted by Crippen LogP contribution is 2.65. The third kappa shape index (κ3) is 5.54. The topological polar surface area (TPSA) is 21.7 Å². The lowest BCUT2D eigenvalue weighted by atomic mass is 9.70. The van der Waals surface area contributed by atoms with E-state index < -0.39 is 5.41 Å².